The molecule has 1 N–H and O–H groups in total. The van der Waals surface area contributed by atoms with Gasteiger partial charge in [0.05, 0.1) is 5.92 Å². The number of carbonyl (C=O) groups is 2. The molecular weight excluding hydrogens is 312 g/mol. The molecule has 3 aliphatic rings. The van der Waals surface area contributed by atoms with E-state index in [1.807, 2.05) is 0 Å². The van der Waals surface area contributed by atoms with Crippen molar-refractivity contribution in [3.63, 3.8) is 0 Å². The summed E-state index contributed by atoms with van der Waals surface area (Å²) < 4.78 is 0. The molecule has 1 saturated carbocycles. The molecular formula is C21H28N2O2. The fourth-order valence-corrected chi connectivity index (χ4v) is 4.56. The first-order valence-electron chi connectivity index (χ1n) is 9.87. The Labute approximate surface area is 150 Å². The van der Waals surface area contributed by atoms with Crippen LogP contribution in [-0.4, -0.2) is 24.9 Å². The van der Waals surface area contributed by atoms with Crippen LogP contribution in [-0.2, 0) is 9.59 Å². The monoisotopic (exact) mass is 340 g/mol. The third kappa shape index (κ3) is 3.73. The predicted molar refractivity (Wildman–Crippen MR) is 98.5 cm³/mol. The molecule has 0 spiro atoms. The number of nitrogens with one attached hydrogen (secondary N) is 1. The van der Waals surface area contributed by atoms with Crippen molar-refractivity contribution in [1.29, 1.82) is 0 Å². The Hall–Kier alpha value is -1.84. The van der Waals surface area contributed by atoms with E-state index in [1.54, 1.807) is 0 Å². The van der Waals surface area contributed by atoms with Crippen LogP contribution in [0.15, 0.2) is 24.3 Å². The lowest BCUT2D eigenvalue weighted by Crippen LogP contribution is -2.39. The summed E-state index contributed by atoms with van der Waals surface area (Å²) in [6.45, 7) is 2.30. The smallest absolute Gasteiger partial charge is 0.234 e. The molecule has 134 valence electrons. The average molecular weight is 340 g/mol. The SMILES string of the molecule is O=C1CCC(c2ccc(N3CCC(CC4CCC4)CC3)cc2)C(=O)N1. The minimum atomic E-state index is -0.181. The van der Waals surface area contributed by atoms with E-state index in [2.05, 4.69) is 34.5 Å². The fraction of sp³-hybridized carbons (Fsp3) is 0.619. The largest absolute Gasteiger partial charge is 0.372 e. The minimum Gasteiger partial charge on any atom is -0.372 e. The highest BCUT2D eigenvalue weighted by Crippen LogP contribution is 2.36. The van der Waals surface area contributed by atoms with Gasteiger partial charge in [-0.1, -0.05) is 31.4 Å². The van der Waals surface area contributed by atoms with Crippen molar-refractivity contribution in [3.05, 3.63) is 29.8 Å². The van der Waals surface area contributed by atoms with Gasteiger partial charge in [0, 0.05) is 25.2 Å². The molecule has 4 nitrogen and oxygen atoms in total. The Balaban J connectivity index is 1.33. The molecule has 1 aliphatic carbocycles. The van der Waals surface area contributed by atoms with Crippen molar-refractivity contribution in [3.8, 4) is 0 Å². The zero-order chi connectivity index (χ0) is 17.2. The molecule has 2 saturated heterocycles. The van der Waals surface area contributed by atoms with Gasteiger partial charge in [-0.2, -0.15) is 0 Å². The zero-order valence-electron chi connectivity index (χ0n) is 14.9. The van der Waals surface area contributed by atoms with E-state index < -0.39 is 0 Å². The van der Waals surface area contributed by atoms with Crippen molar-refractivity contribution < 1.29 is 9.59 Å². The standard InChI is InChI=1S/C21H28N2O2/c24-20-9-8-19(21(25)22-20)17-4-6-18(7-5-17)23-12-10-16(11-13-23)14-15-2-1-3-15/h4-7,15-16,19H,1-3,8-14H2,(H,22,24,25). The molecule has 1 aromatic carbocycles. The van der Waals surface area contributed by atoms with Crippen molar-refractivity contribution in [1.82, 2.24) is 5.32 Å². The van der Waals surface area contributed by atoms with Gasteiger partial charge in [0.25, 0.3) is 0 Å². The van der Waals surface area contributed by atoms with Gasteiger partial charge in [-0.15, -0.1) is 0 Å². The highest BCUT2D eigenvalue weighted by atomic mass is 16.2. The second-order valence-corrected chi connectivity index (χ2v) is 8.06. The summed E-state index contributed by atoms with van der Waals surface area (Å²) in [5.74, 6) is 1.46. The summed E-state index contributed by atoms with van der Waals surface area (Å²) in [7, 11) is 0. The second kappa shape index (κ2) is 7.19. The lowest BCUT2D eigenvalue weighted by Gasteiger charge is -2.37. The summed E-state index contributed by atoms with van der Waals surface area (Å²) in [5.41, 5.74) is 2.28. The lowest BCUT2D eigenvalue weighted by atomic mass is 9.76. The summed E-state index contributed by atoms with van der Waals surface area (Å²) >= 11 is 0. The molecule has 0 bridgehead atoms. The molecule has 0 radical (unpaired) electrons. The van der Waals surface area contributed by atoms with Crippen molar-refractivity contribution >= 4 is 17.5 Å². The van der Waals surface area contributed by atoms with Crippen LogP contribution < -0.4 is 10.2 Å². The number of amides is 2. The molecule has 25 heavy (non-hydrogen) atoms. The zero-order valence-corrected chi connectivity index (χ0v) is 14.9. The van der Waals surface area contributed by atoms with Gasteiger partial charge in [-0.3, -0.25) is 14.9 Å². The molecule has 0 aromatic heterocycles. The Morgan fingerprint density at radius 2 is 1.60 bits per heavy atom. The third-order valence-corrected chi connectivity index (χ3v) is 6.41. The van der Waals surface area contributed by atoms with E-state index in [0.717, 1.165) is 30.5 Å². The Kier molecular flexibility index (Phi) is 4.78. The molecule has 4 rings (SSSR count). The Bertz CT molecular complexity index is 628. The van der Waals surface area contributed by atoms with Gasteiger partial charge in [-0.05, 0) is 55.2 Å². The van der Waals surface area contributed by atoms with Crippen LogP contribution >= 0.6 is 0 Å². The summed E-state index contributed by atoms with van der Waals surface area (Å²) in [6, 6.07) is 8.42. The van der Waals surface area contributed by atoms with E-state index >= 15 is 0 Å². The lowest BCUT2D eigenvalue weighted by molar-refractivity contribution is -0.134. The number of imide groups is 1. The molecule has 1 atom stereocenters. The first-order chi connectivity index (χ1) is 12.2. The number of rotatable bonds is 4. The Morgan fingerprint density at radius 3 is 2.20 bits per heavy atom. The summed E-state index contributed by atoms with van der Waals surface area (Å²) in [6.07, 6.45) is 9.50. The minimum absolute atomic E-state index is 0.150. The summed E-state index contributed by atoms with van der Waals surface area (Å²) in [4.78, 5) is 25.8. The molecule has 2 heterocycles. The normalized spacial score (nSPS) is 25.6. The second-order valence-electron chi connectivity index (χ2n) is 8.06. The van der Waals surface area contributed by atoms with Crippen LogP contribution in [0.3, 0.4) is 0 Å². The number of hydrogen-bond acceptors (Lipinski definition) is 3. The van der Waals surface area contributed by atoms with Crippen LogP contribution in [0, 0.1) is 11.8 Å². The van der Waals surface area contributed by atoms with Gasteiger partial charge in [-0.25, -0.2) is 0 Å². The first-order valence-corrected chi connectivity index (χ1v) is 9.87. The van der Waals surface area contributed by atoms with E-state index in [9.17, 15) is 9.59 Å². The van der Waals surface area contributed by atoms with Crippen molar-refractivity contribution in [2.24, 2.45) is 11.8 Å². The number of piperidine rings is 2. The maximum atomic E-state index is 12.0. The molecule has 2 aliphatic heterocycles. The van der Waals surface area contributed by atoms with Crippen molar-refractivity contribution in [2.75, 3.05) is 18.0 Å². The highest BCUT2D eigenvalue weighted by Gasteiger charge is 2.28. The van der Waals surface area contributed by atoms with Gasteiger partial charge >= 0.3 is 0 Å². The molecule has 2 amide bonds. The third-order valence-electron chi connectivity index (χ3n) is 6.41. The number of anilines is 1. The van der Waals surface area contributed by atoms with Gasteiger partial charge < -0.3 is 4.90 Å². The molecule has 3 fully saturated rings. The van der Waals surface area contributed by atoms with E-state index in [1.165, 1.54) is 44.2 Å². The van der Waals surface area contributed by atoms with Crippen LogP contribution in [0.1, 0.15) is 62.8 Å². The average Bonchev–Trinajstić information content (AvgIpc) is 2.59. The number of hydrogen-bond donors (Lipinski definition) is 1. The molecule has 4 heteroatoms. The number of carbonyl (C=O) groups excluding carboxylic acids is 2. The first kappa shape index (κ1) is 16.6. The van der Waals surface area contributed by atoms with Crippen LogP contribution in [0.4, 0.5) is 5.69 Å². The van der Waals surface area contributed by atoms with Crippen LogP contribution in [0.2, 0.25) is 0 Å². The van der Waals surface area contributed by atoms with Gasteiger partial charge in [0.2, 0.25) is 11.8 Å². The molecule has 1 unspecified atom stereocenters. The quantitative estimate of drug-likeness (QED) is 0.852. The number of nitrogens with zero attached hydrogens (tertiary/aromatic N) is 1. The Morgan fingerprint density at radius 1 is 0.920 bits per heavy atom. The topological polar surface area (TPSA) is 49.4 Å². The molecule has 1 aromatic rings. The van der Waals surface area contributed by atoms with Crippen LogP contribution in [0.25, 0.3) is 0 Å². The van der Waals surface area contributed by atoms with Gasteiger partial charge in [0.15, 0.2) is 0 Å². The maximum Gasteiger partial charge on any atom is 0.234 e. The number of benzene rings is 1. The predicted octanol–water partition coefficient (Wildman–Crippen LogP) is 3.61. The highest BCUT2D eigenvalue weighted by molar-refractivity contribution is 6.00. The maximum absolute atomic E-state index is 12.0. The van der Waals surface area contributed by atoms with Crippen molar-refractivity contribution in [2.45, 2.75) is 57.3 Å². The summed E-state index contributed by atoms with van der Waals surface area (Å²) in [5, 5.41) is 2.45. The van der Waals surface area contributed by atoms with Crippen LogP contribution in [0.5, 0.6) is 0 Å². The van der Waals surface area contributed by atoms with E-state index in [4.69, 9.17) is 0 Å². The van der Waals surface area contributed by atoms with E-state index in [-0.39, 0.29) is 17.7 Å². The van der Waals surface area contributed by atoms with E-state index in [0.29, 0.717) is 12.8 Å². The van der Waals surface area contributed by atoms with Gasteiger partial charge in [0.1, 0.15) is 0 Å². The fourth-order valence-electron chi connectivity index (χ4n) is 4.56.